The lowest BCUT2D eigenvalue weighted by Crippen LogP contribution is -2.40. The summed E-state index contributed by atoms with van der Waals surface area (Å²) in [6.45, 7) is 8.57. The van der Waals surface area contributed by atoms with Gasteiger partial charge in [0.15, 0.2) is 11.5 Å². The standard InChI is InChI=1S/C17H27NO3/c1-13-10-14(2)12-18(11-13)8-9-21-17-15(19-3)6-5-7-16(17)20-4/h5-7,13-14H,8-12H2,1-4H3/t13-,14+. The van der Waals surface area contributed by atoms with E-state index in [1.165, 1.54) is 6.42 Å². The molecule has 0 amide bonds. The van der Waals surface area contributed by atoms with Crippen LogP contribution in [0.3, 0.4) is 0 Å². The fraction of sp³-hybridized carbons (Fsp3) is 0.647. The van der Waals surface area contributed by atoms with Crippen LogP contribution in [0.2, 0.25) is 0 Å². The van der Waals surface area contributed by atoms with Crippen LogP contribution >= 0.6 is 0 Å². The second-order valence-electron chi connectivity index (χ2n) is 6.05. The highest BCUT2D eigenvalue weighted by Crippen LogP contribution is 2.36. The number of methoxy groups -OCH3 is 2. The number of para-hydroxylation sites is 1. The van der Waals surface area contributed by atoms with Crippen molar-refractivity contribution in [2.24, 2.45) is 11.8 Å². The molecule has 0 saturated carbocycles. The summed E-state index contributed by atoms with van der Waals surface area (Å²) in [6, 6.07) is 5.68. The normalized spacial score (nSPS) is 22.9. The van der Waals surface area contributed by atoms with Crippen LogP contribution in [0.5, 0.6) is 17.2 Å². The topological polar surface area (TPSA) is 30.9 Å². The monoisotopic (exact) mass is 293 g/mol. The minimum absolute atomic E-state index is 0.649. The van der Waals surface area contributed by atoms with Gasteiger partial charge in [-0.3, -0.25) is 4.90 Å². The highest BCUT2D eigenvalue weighted by molar-refractivity contribution is 5.51. The molecule has 1 aliphatic rings. The zero-order chi connectivity index (χ0) is 15.2. The number of ether oxygens (including phenoxy) is 3. The summed E-state index contributed by atoms with van der Waals surface area (Å²) in [6.07, 6.45) is 1.33. The SMILES string of the molecule is COc1cccc(OC)c1OCCN1C[C@H](C)C[C@H](C)C1. The van der Waals surface area contributed by atoms with E-state index in [4.69, 9.17) is 14.2 Å². The number of benzene rings is 1. The fourth-order valence-electron chi connectivity index (χ4n) is 3.21. The molecule has 0 spiro atoms. The Morgan fingerprint density at radius 3 is 2.14 bits per heavy atom. The maximum atomic E-state index is 5.93. The van der Waals surface area contributed by atoms with Crippen LogP contribution in [0.15, 0.2) is 18.2 Å². The van der Waals surface area contributed by atoms with E-state index in [-0.39, 0.29) is 0 Å². The maximum absolute atomic E-state index is 5.93. The molecule has 1 aromatic carbocycles. The highest BCUT2D eigenvalue weighted by Gasteiger charge is 2.21. The molecule has 118 valence electrons. The molecule has 21 heavy (non-hydrogen) atoms. The Morgan fingerprint density at radius 2 is 1.62 bits per heavy atom. The second-order valence-corrected chi connectivity index (χ2v) is 6.05. The molecule has 1 saturated heterocycles. The Bertz CT molecular complexity index is 417. The van der Waals surface area contributed by atoms with Gasteiger partial charge in [-0.1, -0.05) is 19.9 Å². The number of nitrogens with zero attached hydrogens (tertiary/aromatic N) is 1. The van der Waals surface area contributed by atoms with E-state index in [0.29, 0.717) is 12.4 Å². The molecule has 0 unspecified atom stereocenters. The Kier molecular flexibility index (Phi) is 5.74. The largest absolute Gasteiger partial charge is 0.493 e. The van der Waals surface area contributed by atoms with E-state index >= 15 is 0 Å². The summed E-state index contributed by atoms with van der Waals surface area (Å²) in [5.41, 5.74) is 0. The van der Waals surface area contributed by atoms with Crippen molar-refractivity contribution < 1.29 is 14.2 Å². The predicted octanol–water partition coefficient (Wildman–Crippen LogP) is 3.06. The first kappa shape index (κ1) is 16.0. The van der Waals surface area contributed by atoms with Gasteiger partial charge in [-0.05, 0) is 30.4 Å². The number of hydrogen-bond acceptors (Lipinski definition) is 4. The lowest BCUT2D eigenvalue weighted by molar-refractivity contribution is 0.119. The number of likely N-dealkylation sites (tertiary alicyclic amines) is 1. The lowest BCUT2D eigenvalue weighted by atomic mass is 9.92. The highest BCUT2D eigenvalue weighted by atomic mass is 16.5. The van der Waals surface area contributed by atoms with Gasteiger partial charge in [-0.25, -0.2) is 0 Å². The fourth-order valence-corrected chi connectivity index (χ4v) is 3.21. The second kappa shape index (κ2) is 7.55. The molecule has 0 aliphatic carbocycles. The lowest BCUT2D eigenvalue weighted by Gasteiger charge is -2.34. The van der Waals surface area contributed by atoms with Gasteiger partial charge in [0.05, 0.1) is 14.2 Å². The minimum Gasteiger partial charge on any atom is -0.493 e. The molecule has 0 bridgehead atoms. The van der Waals surface area contributed by atoms with E-state index in [0.717, 1.165) is 43.0 Å². The third-order valence-electron chi connectivity index (χ3n) is 3.98. The van der Waals surface area contributed by atoms with Crippen LogP contribution < -0.4 is 14.2 Å². The van der Waals surface area contributed by atoms with Crippen LogP contribution in [0.1, 0.15) is 20.3 Å². The van der Waals surface area contributed by atoms with E-state index in [1.807, 2.05) is 18.2 Å². The molecule has 1 fully saturated rings. The molecule has 4 heteroatoms. The van der Waals surface area contributed by atoms with E-state index < -0.39 is 0 Å². The number of rotatable bonds is 6. The summed E-state index contributed by atoms with van der Waals surface area (Å²) in [5.74, 6) is 3.68. The molecular weight excluding hydrogens is 266 g/mol. The van der Waals surface area contributed by atoms with E-state index in [1.54, 1.807) is 14.2 Å². The van der Waals surface area contributed by atoms with Gasteiger partial charge in [0.25, 0.3) is 0 Å². The summed E-state index contributed by atoms with van der Waals surface area (Å²) in [5, 5.41) is 0. The zero-order valence-electron chi connectivity index (χ0n) is 13.6. The summed E-state index contributed by atoms with van der Waals surface area (Å²) in [7, 11) is 3.30. The van der Waals surface area contributed by atoms with Crippen LogP contribution in [0.25, 0.3) is 0 Å². The molecule has 2 rings (SSSR count). The summed E-state index contributed by atoms with van der Waals surface area (Å²) in [4.78, 5) is 2.49. The number of piperidine rings is 1. The Labute approximate surface area is 128 Å². The van der Waals surface area contributed by atoms with Gasteiger partial charge in [-0.15, -0.1) is 0 Å². The van der Waals surface area contributed by atoms with Gasteiger partial charge < -0.3 is 14.2 Å². The van der Waals surface area contributed by atoms with E-state index in [2.05, 4.69) is 18.7 Å². The first-order valence-corrected chi connectivity index (χ1v) is 7.70. The third-order valence-corrected chi connectivity index (χ3v) is 3.98. The van der Waals surface area contributed by atoms with Gasteiger partial charge in [0.2, 0.25) is 5.75 Å². The quantitative estimate of drug-likeness (QED) is 0.806. The molecule has 1 aliphatic heterocycles. The summed E-state index contributed by atoms with van der Waals surface area (Å²) >= 11 is 0. The average molecular weight is 293 g/mol. The smallest absolute Gasteiger partial charge is 0.203 e. The van der Waals surface area contributed by atoms with Crippen molar-refractivity contribution in [3.63, 3.8) is 0 Å². The van der Waals surface area contributed by atoms with Crippen LogP contribution in [-0.2, 0) is 0 Å². The molecule has 1 heterocycles. The van der Waals surface area contributed by atoms with Crippen molar-refractivity contribution in [2.75, 3.05) is 40.5 Å². The molecule has 1 aromatic rings. The Morgan fingerprint density at radius 1 is 1.05 bits per heavy atom. The van der Waals surface area contributed by atoms with Crippen molar-refractivity contribution >= 4 is 0 Å². The van der Waals surface area contributed by atoms with Crippen molar-refractivity contribution in [1.29, 1.82) is 0 Å². The molecule has 0 radical (unpaired) electrons. The van der Waals surface area contributed by atoms with Crippen molar-refractivity contribution in [2.45, 2.75) is 20.3 Å². The van der Waals surface area contributed by atoms with Gasteiger partial charge in [0, 0.05) is 19.6 Å². The maximum Gasteiger partial charge on any atom is 0.203 e. The van der Waals surface area contributed by atoms with Gasteiger partial charge >= 0.3 is 0 Å². The molecule has 0 aromatic heterocycles. The Hall–Kier alpha value is -1.42. The first-order chi connectivity index (χ1) is 10.1. The van der Waals surface area contributed by atoms with Crippen LogP contribution in [0.4, 0.5) is 0 Å². The molecule has 4 nitrogen and oxygen atoms in total. The van der Waals surface area contributed by atoms with Gasteiger partial charge in [0.1, 0.15) is 6.61 Å². The molecule has 2 atom stereocenters. The number of hydrogen-bond donors (Lipinski definition) is 0. The molecular formula is C17H27NO3. The Balaban J connectivity index is 1.91. The molecule has 0 N–H and O–H groups in total. The van der Waals surface area contributed by atoms with E-state index in [9.17, 15) is 0 Å². The van der Waals surface area contributed by atoms with Crippen LogP contribution in [-0.4, -0.2) is 45.4 Å². The average Bonchev–Trinajstić information content (AvgIpc) is 2.46. The summed E-state index contributed by atoms with van der Waals surface area (Å²) < 4.78 is 16.6. The van der Waals surface area contributed by atoms with Gasteiger partial charge in [-0.2, -0.15) is 0 Å². The van der Waals surface area contributed by atoms with Crippen molar-refractivity contribution in [3.05, 3.63) is 18.2 Å². The zero-order valence-corrected chi connectivity index (χ0v) is 13.6. The first-order valence-electron chi connectivity index (χ1n) is 7.70. The minimum atomic E-state index is 0.649. The van der Waals surface area contributed by atoms with Crippen LogP contribution in [0, 0.1) is 11.8 Å². The predicted molar refractivity (Wildman–Crippen MR) is 84.4 cm³/mol. The third kappa shape index (κ3) is 4.27. The van der Waals surface area contributed by atoms with Crippen molar-refractivity contribution in [3.8, 4) is 17.2 Å². The van der Waals surface area contributed by atoms with Crippen molar-refractivity contribution in [1.82, 2.24) is 4.90 Å².